The van der Waals surface area contributed by atoms with Crippen LogP contribution in [0.3, 0.4) is 0 Å². The Balaban J connectivity index is 2.24. The number of pyridine rings is 1. The lowest BCUT2D eigenvalue weighted by atomic mass is 10.1. The van der Waals surface area contributed by atoms with E-state index in [9.17, 15) is 14.5 Å². The van der Waals surface area contributed by atoms with Crippen molar-refractivity contribution in [3.63, 3.8) is 0 Å². The lowest BCUT2D eigenvalue weighted by Crippen LogP contribution is -2.10. The van der Waals surface area contributed by atoms with Crippen molar-refractivity contribution in [2.24, 2.45) is 0 Å². The van der Waals surface area contributed by atoms with Gasteiger partial charge < -0.3 is 10.1 Å². The van der Waals surface area contributed by atoms with Gasteiger partial charge in [0, 0.05) is 12.3 Å². The topological polar surface area (TPSA) is 77.3 Å². The second kappa shape index (κ2) is 6.17. The Hall–Kier alpha value is -2.70. The van der Waals surface area contributed by atoms with Crippen molar-refractivity contribution in [3.8, 4) is 5.75 Å². The van der Waals surface area contributed by atoms with Crippen molar-refractivity contribution in [1.29, 1.82) is 0 Å². The first-order valence-electron chi connectivity index (χ1n) is 6.22. The van der Waals surface area contributed by atoms with Gasteiger partial charge in [0.15, 0.2) is 11.6 Å². The maximum absolute atomic E-state index is 13.7. The molecule has 0 bridgehead atoms. The molecular formula is C14H14FN3O3. The Morgan fingerprint density at radius 3 is 2.81 bits per heavy atom. The van der Waals surface area contributed by atoms with Crippen LogP contribution in [0.2, 0.25) is 0 Å². The number of ether oxygens (including phenoxy) is 1. The molecule has 0 saturated carbocycles. The molecule has 2 rings (SSSR count). The van der Waals surface area contributed by atoms with E-state index in [1.165, 1.54) is 37.6 Å². The van der Waals surface area contributed by atoms with E-state index in [1.807, 2.05) is 0 Å². The average molecular weight is 291 g/mol. The summed E-state index contributed by atoms with van der Waals surface area (Å²) >= 11 is 0. The molecule has 0 unspecified atom stereocenters. The Kier molecular flexibility index (Phi) is 4.32. The number of benzene rings is 1. The minimum absolute atomic E-state index is 0.127. The molecule has 0 spiro atoms. The quantitative estimate of drug-likeness (QED) is 0.675. The van der Waals surface area contributed by atoms with Crippen LogP contribution in [0, 0.1) is 15.9 Å². The molecule has 1 N–H and O–H groups in total. The number of aromatic nitrogens is 1. The third-order valence-corrected chi connectivity index (χ3v) is 3.01. The van der Waals surface area contributed by atoms with E-state index in [2.05, 4.69) is 10.3 Å². The monoisotopic (exact) mass is 291 g/mol. The first kappa shape index (κ1) is 14.7. The molecule has 0 saturated heterocycles. The average Bonchev–Trinajstić information content (AvgIpc) is 2.47. The minimum atomic E-state index is -0.517. The Bertz CT molecular complexity index is 664. The maximum atomic E-state index is 13.7. The van der Waals surface area contributed by atoms with E-state index >= 15 is 0 Å². The zero-order chi connectivity index (χ0) is 15.4. The van der Waals surface area contributed by atoms with Crippen molar-refractivity contribution >= 4 is 11.5 Å². The van der Waals surface area contributed by atoms with E-state index in [0.29, 0.717) is 5.56 Å². The molecule has 0 fully saturated rings. The van der Waals surface area contributed by atoms with Crippen LogP contribution >= 0.6 is 0 Å². The molecule has 1 heterocycles. The SMILES string of the molecule is COc1ccc([C@H](C)Nc2ncccc2[N+](=O)[O-])cc1F. The van der Waals surface area contributed by atoms with Crippen LogP contribution in [-0.2, 0) is 0 Å². The molecule has 0 amide bonds. The summed E-state index contributed by atoms with van der Waals surface area (Å²) < 4.78 is 18.5. The summed E-state index contributed by atoms with van der Waals surface area (Å²) in [6, 6.07) is 7.02. The first-order chi connectivity index (χ1) is 10.0. The lowest BCUT2D eigenvalue weighted by Gasteiger charge is -2.15. The molecule has 6 nitrogen and oxygen atoms in total. The number of rotatable bonds is 5. The van der Waals surface area contributed by atoms with Gasteiger partial charge in [0.25, 0.3) is 0 Å². The van der Waals surface area contributed by atoms with Gasteiger partial charge in [0.1, 0.15) is 0 Å². The van der Waals surface area contributed by atoms with Gasteiger partial charge in [-0.15, -0.1) is 0 Å². The fraction of sp³-hybridized carbons (Fsp3) is 0.214. The predicted molar refractivity (Wildman–Crippen MR) is 75.9 cm³/mol. The molecule has 1 aromatic carbocycles. The number of nitro groups is 1. The van der Waals surface area contributed by atoms with Crippen LogP contribution < -0.4 is 10.1 Å². The number of hydrogen-bond donors (Lipinski definition) is 1. The molecule has 1 atom stereocenters. The highest BCUT2D eigenvalue weighted by Crippen LogP contribution is 2.27. The summed E-state index contributed by atoms with van der Waals surface area (Å²) in [6.07, 6.45) is 1.46. The highest BCUT2D eigenvalue weighted by Gasteiger charge is 2.17. The highest BCUT2D eigenvalue weighted by molar-refractivity contribution is 5.56. The summed E-state index contributed by atoms with van der Waals surface area (Å²) in [7, 11) is 1.39. The van der Waals surface area contributed by atoms with Gasteiger partial charge in [0.2, 0.25) is 5.82 Å². The van der Waals surface area contributed by atoms with Crippen LogP contribution in [0.15, 0.2) is 36.5 Å². The number of halogens is 1. The number of methoxy groups -OCH3 is 1. The van der Waals surface area contributed by atoms with Gasteiger partial charge in [-0.3, -0.25) is 10.1 Å². The normalized spacial score (nSPS) is 11.8. The molecule has 0 radical (unpaired) electrons. The van der Waals surface area contributed by atoms with E-state index in [-0.39, 0.29) is 23.3 Å². The molecule has 2 aromatic rings. The van der Waals surface area contributed by atoms with Gasteiger partial charge in [0.05, 0.1) is 18.1 Å². The van der Waals surface area contributed by atoms with Crippen molar-refractivity contribution < 1.29 is 14.1 Å². The Morgan fingerprint density at radius 2 is 2.19 bits per heavy atom. The third kappa shape index (κ3) is 3.25. The van der Waals surface area contributed by atoms with Crippen LogP contribution in [-0.4, -0.2) is 17.0 Å². The molecule has 1 aromatic heterocycles. The van der Waals surface area contributed by atoms with Crippen LogP contribution in [0.1, 0.15) is 18.5 Å². The van der Waals surface area contributed by atoms with E-state index in [0.717, 1.165) is 0 Å². The fourth-order valence-electron chi connectivity index (χ4n) is 1.90. The Morgan fingerprint density at radius 1 is 1.43 bits per heavy atom. The third-order valence-electron chi connectivity index (χ3n) is 3.01. The first-order valence-corrected chi connectivity index (χ1v) is 6.22. The predicted octanol–water partition coefficient (Wildman–Crippen LogP) is 3.31. The van der Waals surface area contributed by atoms with Crippen molar-refractivity contribution in [2.75, 3.05) is 12.4 Å². The zero-order valence-electron chi connectivity index (χ0n) is 11.5. The van der Waals surface area contributed by atoms with E-state index < -0.39 is 10.7 Å². The summed E-state index contributed by atoms with van der Waals surface area (Å²) in [5.41, 5.74) is 0.506. The number of nitrogens with one attached hydrogen (secondary N) is 1. The standard InChI is InChI=1S/C14H14FN3O3/c1-9(10-5-6-13(21-2)11(15)8-10)17-14-12(18(19)20)4-3-7-16-14/h3-9H,1-2H3,(H,16,17)/t9-/m0/s1. The van der Waals surface area contributed by atoms with Crippen molar-refractivity contribution in [3.05, 3.63) is 58.0 Å². The molecule has 7 heteroatoms. The molecule has 21 heavy (non-hydrogen) atoms. The highest BCUT2D eigenvalue weighted by atomic mass is 19.1. The van der Waals surface area contributed by atoms with Gasteiger partial charge in [-0.1, -0.05) is 6.07 Å². The summed E-state index contributed by atoms with van der Waals surface area (Å²) in [5, 5.41) is 13.8. The summed E-state index contributed by atoms with van der Waals surface area (Å²) in [4.78, 5) is 14.4. The van der Waals surface area contributed by atoms with Crippen LogP contribution in [0.25, 0.3) is 0 Å². The summed E-state index contributed by atoms with van der Waals surface area (Å²) in [6.45, 7) is 1.76. The number of nitrogens with zero attached hydrogens (tertiary/aromatic N) is 2. The molecule has 110 valence electrons. The van der Waals surface area contributed by atoms with E-state index in [1.54, 1.807) is 13.0 Å². The largest absolute Gasteiger partial charge is 0.494 e. The smallest absolute Gasteiger partial charge is 0.311 e. The van der Waals surface area contributed by atoms with Crippen LogP contribution in [0.5, 0.6) is 5.75 Å². The second-order valence-corrected chi connectivity index (χ2v) is 4.39. The number of anilines is 1. The van der Waals surface area contributed by atoms with Gasteiger partial charge in [-0.25, -0.2) is 9.37 Å². The molecule has 0 aliphatic heterocycles. The van der Waals surface area contributed by atoms with Gasteiger partial charge >= 0.3 is 5.69 Å². The molecule has 0 aliphatic rings. The zero-order valence-corrected chi connectivity index (χ0v) is 11.5. The molecule has 0 aliphatic carbocycles. The second-order valence-electron chi connectivity index (χ2n) is 4.39. The van der Waals surface area contributed by atoms with Crippen molar-refractivity contribution in [2.45, 2.75) is 13.0 Å². The van der Waals surface area contributed by atoms with Crippen molar-refractivity contribution in [1.82, 2.24) is 4.98 Å². The Labute approximate surface area is 120 Å². The van der Waals surface area contributed by atoms with Gasteiger partial charge in [-0.2, -0.15) is 0 Å². The van der Waals surface area contributed by atoms with Gasteiger partial charge in [-0.05, 0) is 30.7 Å². The van der Waals surface area contributed by atoms with Crippen LogP contribution in [0.4, 0.5) is 15.9 Å². The fourth-order valence-corrected chi connectivity index (χ4v) is 1.90. The maximum Gasteiger partial charge on any atom is 0.311 e. The number of hydrogen-bond acceptors (Lipinski definition) is 5. The molecular weight excluding hydrogens is 277 g/mol. The minimum Gasteiger partial charge on any atom is -0.494 e. The van der Waals surface area contributed by atoms with E-state index in [4.69, 9.17) is 4.74 Å². The lowest BCUT2D eigenvalue weighted by molar-refractivity contribution is -0.384. The summed E-state index contributed by atoms with van der Waals surface area (Å²) in [5.74, 6) is -0.194.